The molecule has 0 aliphatic carbocycles. The molecule has 0 saturated carbocycles. The molecule has 0 heterocycles. The molecule has 0 bridgehead atoms. The highest BCUT2D eigenvalue weighted by Gasteiger charge is 2.22. The first-order chi connectivity index (χ1) is 8.04. The van der Waals surface area contributed by atoms with Crippen LogP contribution in [0.15, 0.2) is 0 Å². The van der Waals surface area contributed by atoms with Gasteiger partial charge in [0.2, 0.25) is 5.91 Å². The van der Waals surface area contributed by atoms with E-state index in [-0.39, 0.29) is 17.5 Å². The van der Waals surface area contributed by atoms with Gasteiger partial charge in [0.05, 0.1) is 6.04 Å². The molecule has 1 unspecified atom stereocenters. The molecule has 0 fully saturated rings. The molecule has 0 aliphatic heterocycles. The van der Waals surface area contributed by atoms with E-state index in [1.165, 1.54) is 0 Å². The van der Waals surface area contributed by atoms with E-state index >= 15 is 0 Å². The molecule has 18 heavy (non-hydrogen) atoms. The quantitative estimate of drug-likeness (QED) is 0.767. The Bertz CT molecular complexity index is 246. The third kappa shape index (κ3) is 7.00. The van der Waals surface area contributed by atoms with E-state index in [4.69, 9.17) is 0 Å². The molecule has 0 aliphatic rings. The Morgan fingerprint density at radius 3 is 1.78 bits per heavy atom. The summed E-state index contributed by atoms with van der Waals surface area (Å²) in [4.78, 5) is 11.9. The van der Waals surface area contributed by atoms with Gasteiger partial charge in [0, 0.05) is 5.54 Å². The second-order valence-corrected chi connectivity index (χ2v) is 7.02. The van der Waals surface area contributed by atoms with E-state index in [2.05, 4.69) is 38.3 Å². The number of nitrogens with one attached hydrogen (secondary N) is 2. The Morgan fingerprint density at radius 1 is 1.00 bits per heavy atom. The standard InChI is InChI=1S/C15H32N2O/c1-10(2)13(11(3)4)9-16-12(5)14(18)17-15(6,7)8/h10-13,16H,9H2,1-8H3,(H,17,18). The maximum absolute atomic E-state index is 11.9. The summed E-state index contributed by atoms with van der Waals surface area (Å²) in [7, 11) is 0. The van der Waals surface area contributed by atoms with Crippen LogP contribution in [-0.4, -0.2) is 24.0 Å². The fraction of sp³-hybridized carbons (Fsp3) is 0.933. The Kier molecular flexibility index (Phi) is 6.90. The molecule has 0 radical (unpaired) electrons. The minimum atomic E-state index is -0.164. The lowest BCUT2D eigenvalue weighted by atomic mass is 9.85. The number of hydrogen-bond acceptors (Lipinski definition) is 2. The lowest BCUT2D eigenvalue weighted by Crippen LogP contribution is -2.50. The Morgan fingerprint density at radius 2 is 1.44 bits per heavy atom. The number of hydrogen-bond donors (Lipinski definition) is 2. The highest BCUT2D eigenvalue weighted by Crippen LogP contribution is 2.19. The monoisotopic (exact) mass is 256 g/mol. The van der Waals surface area contributed by atoms with Crippen LogP contribution in [0.25, 0.3) is 0 Å². The number of amides is 1. The van der Waals surface area contributed by atoms with Gasteiger partial charge in [-0.3, -0.25) is 4.79 Å². The normalized spacial score (nSPS) is 14.4. The molecule has 0 rings (SSSR count). The number of carbonyl (C=O) groups excluding carboxylic acids is 1. The zero-order valence-corrected chi connectivity index (χ0v) is 13.4. The number of carbonyl (C=O) groups is 1. The molecular formula is C15H32N2O. The van der Waals surface area contributed by atoms with Crippen LogP contribution < -0.4 is 10.6 Å². The highest BCUT2D eigenvalue weighted by atomic mass is 16.2. The summed E-state index contributed by atoms with van der Waals surface area (Å²) < 4.78 is 0. The zero-order valence-electron chi connectivity index (χ0n) is 13.4. The van der Waals surface area contributed by atoms with Crippen molar-refractivity contribution in [2.75, 3.05) is 6.54 Å². The Hall–Kier alpha value is -0.570. The molecule has 0 aromatic heterocycles. The van der Waals surface area contributed by atoms with Gasteiger partial charge in [-0.15, -0.1) is 0 Å². The third-order valence-electron chi connectivity index (χ3n) is 3.26. The van der Waals surface area contributed by atoms with Gasteiger partial charge in [-0.1, -0.05) is 27.7 Å². The SMILES string of the molecule is CC(NCC(C(C)C)C(C)C)C(=O)NC(C)(C)C. The van der Waals surface area contributed by atoms with Crippen LogP contribution in [0.3, 0.4) is 0 Å². The summed E-state index contributed by atoms with van der Waals surface area (Å²) in [6.45, 7) is 17.8. The van der Waals surface area contributed by atoms with Crippen molar-refractivity contribution in [1.29, 1.82) is 0 Å². The summed E-state index contributed by atoms with van der Waals surface area (Å²) in [5.74, 6) is 1.95. The summed E-state index contributed by atoms with van der Waals surface area (Å²) in [5.41, 5.74) is -0.164. The van der Waals surface area contributed by atoms with E-state index < -0.39 is 0 Å². The van der Waals surface area contributed by atoms with Crippen molar-refractivity contribution >= 4 is 5.91 Å². The smallest absolute Gasteiger partial charge is 0.237 e. The van der Waals surface area contributed by atoms with Gasteiger partial charge >= 0.3 is 0 Å². The molecule has 0 aromatic carbocycles. The largest absolute Gasteiger partial charge is 0.350 e. The Labute approximate surface area is 113 Å². The predicted molar refractivity (Wildman–Crippen MR) is 78.5 cm³/mol. The predicted octanol–water partition coefficient (Wildman–Crippen LogP) is 2.81. The maximum Gasteiger partial charge on any atom is 0.237 e. The summed E-state index contributed by atoms with van der Waals surface area (Å²) in [6.07, 6.45) is 0. The topological polar surface area (TPSA) is 41.1 Å². The second kappa shape index (κ2) is 7.13. The average Bonchev–Trinajstić information content (AvgIpc) is 2.13. The molecule has 1 atom stereocenters. The van der Waals surface area contributed by atoms with Crippen molar-refractivity contribution in [3.8, 4) is 0 Å². The van der Waals surface area contributed by atoms with Gasteiger partial charge in [-0.2, -0.15) is 0 Å². The van der Waals surface area contributed by atoms with Crippen LogP contribution in [0.2, 0.25) is 0 Å². The molecule has 3 heteroatoms. The molecular weight excluding hydrogens is 224 g/mol. The first-order valence-corrected chi connectivity index (χ1v) is 7.10. The van der Waals surface area contributed by atoms with Crippen LogP contribution in [-0.2, 0) is 4.79 Å². The van der Waals surface area contributed by atoms with Gasteiger partial charge in [-0.05, 0) is 52.0 Å². The van der Waals surface area contributed by atoms with E-state index in [1.54, 1.807) is 0 Å². The third-order valence-corrected chi connectivity index (χ3v) is 3.26. The molecule has 2 N–H and O–H groups in total. The maximum atomic E-state index is 11.9. The van der Waals surface area contributed by atoms with Crippen molar-refractivity contribution in [2.24, 2.45) is 17.8 Å². The number of rotatable bonds is 6. The van der Waals surface area contributed by atoms with Crippen molar-refractivity contribution < 1.29 is 4.79 Å². The minimum Gasteiger partial charge on any atom is -0.350 e. The van der Waals surface area contributed by atoms with Gasteiger partial charge < -0.3 is 10.6 Å². The second-order valence-electron chi connectivity index (χ2n) is 7.02. The van der Waals surface area contributed by atoms with Gasteiger partial charge in [-0.25, -0.2) is 0 Å². The average molecular weight is 256 g/mol. The van der Waals surface area contributed by atoms with Gasteiger partial charge in [0.25, 0.3) is 0 Å². The summed E-state index contributed by atoms with van der Waals surface area (Å²) >= 11 is 0. The van der Waals surface area contributed by atoms with Gasteiger partial charge in [0.1, 0.15) is 0 Å². The fourth-order valence-electron chi connectivity index (χ4n) is 2.12. The lowest BCUT2D eigenvalue weighted by Gasteiger charge is -2.28. The van der Waals surface area contributed by atoms with Crippen molar-refractivity contribution in [3.63, 3.8) is 0 Å². The van der Waals surface area contributed by atoms with E-state index in [0.29, 0.717) is 17.8 Å². The van der Waals surface area contributed by atoms with E-state index in [0.717, 1.165) is 6.54 Å². The minimum absolute atomic E-state index is 0.0776. The van der Waals surface area contributed by atoms with E-state index in [1.807, 2.05) is 27.7 Å². The molecule has 0 aromatic rings. The van der Waals surface area contributed by atoms with Crippen LogP contribution in [0, 0.1) is 17.8 Å². The molecule has 0 saturated heterocycles. The van der Waals surface area contributed by atoms with Crippen molar-refractivity contribution in [3.05, 3.63) is 0 Å². The summed E-state index contributed by atoms with van der Waals surface area (Å²) in [6, 6.07) is -0.135. The van der Waals surface area contributed by atoms with Crippen LogP contribution in [0.5, 0.6) is 0 Å². The Balaban J connectivity index is 4.24. The molecule has 3 nitrogen and oxygen atoms in total. The van der Waals surface area contributed by atoms with Crippen LogP contribution in [0.1, 0.15) is 55.4 Å². The van der Waals surface area contributed by atoms with Crippen LogP contribution >= 0.6 is 0 Å². The zero-order chi connectivity index (χ0) is 14.5. The molecule has 108 valence electrons. The summed E-state index contributed by atoms with van der Waals surface area (Å²) in [5, 5.41) is 6.36. The first-order valence-electron chi connectivity index (χ1n) is 7.10. The first kappa shape index (κ1) is 17.4. The van der Waals surface area contributed by atoms with Crippen molar-refractivity contribution in [2.45, 2.75) is 67.0 Å². The highest BCUT2D eigenvalue weighted by molar-refractivity contribution is 5.81. The lowest BCUT2D eigenvalue weighted by molar-refractivity contribution is -0.124. The van der Waals surface area contributed by atoms with Crippen LogP contribution in [0.4, 0.5) is 0 Å². The molecule has 1 amide bonds. The molecule has 0 spiro atoms. The fourth-order valence-corrected chi connectivity index (χ4v) is 2.12. The van der Waals surface area contributed by atoms with Gasteiger partial charge in [0.15, 0.2) is 0 Å². The van der Waals surface area contributed by atoms with E-state index in [9.17, 15) is 4.79 Å². The van der Waals surface area contributed by atoms with Crippen molar-refractivity contribution in [1.82, 2.24) is 10.6 Å².